The van der Waals surface area contributed by atoms with E-state index < -0.39 is 11.7 Å². The molecular weight excluding hydrogens is 388 g/mol. The molecule has 1 saturated heterocycles. The van der Waals surface area contributed by atoms with E-state index in [0.717, 1.165) is 11.8 Å². The Labute approximate surface area is 159 Å². The third-order valence-electron chi connectivity index (χ3n) is 4.36. The SMILES string of the molecule is COc1cc(Cl)c(N2CCN(c3cccc(C(F)(F)F)c3)CC2)c(Cl)c1. The second kappa shape index (κ2) is 7.45. The molecule has 0 aromatic heterocycles. The molecule has 0 bridgehead atoms. The van der Waals surface area contributed by atoms with E-state index in [9.17, 15) is 13.2 Å². The Morgan fingerprint density at radius 2 is 1.50 bits per heavy atom. The molecule has 0 unspecified atom stereocenters. The zero-order chi connectivity index (χ0) is 18.9. The molecule has 1 aliphatic rings. The lowest BCUT2D eigenvalue weighted by Gasteiger charge is -2.38. The maximum absolute atomic E-state index is 12.9. The third kappa shape index (κ3) is 3.96. The molecule has 2 aromatic rings. The van der Waals surface area contributed by atoms with E-state index in [-0.39, 0.29) is 0 Å². The molecule has 140 valence electrons. The first kappa shape index (κ1) is 19.0. The molecule has 3 rings (SSSR count). The number of hydrogen-bond acceptors (Lipinski definition) is 3. The highest BCUT2D eigenvalue weighted by Gasteiger charge is 2.31. The van der Waals surface area contributed by atoms with Gasteiger partial charge in [0.2, 0.25) is 0 Å². The first-order chi connectivity index (χ1) is 12.3. The van der Waals surface area contributed by atoms with E-state index in [1.165, 1.54) is 19.2 Å². The van der Waals surface area contributed by atoms with Crippen LogP contribution in [0.1, 0.15) is 5.56 Å². The fourth-order valence-corrected chi connectivity index (χ4v) is 3.74. The predicted octanol–water partition coefficient (Wildman–Crippen LogP) is 5.35. The lowest BCUT2D eigenvalue weighted by molar-refractivity contribution is -0.137. The maximum Gasteiger partial charge on any atom is 0.416 e. The van der Waals surface area contributed by atoms with Crippen LogP contribution in [0.4, 0.5) is 24.5 Å². The molecule has 0 saturated carbocycles. The van der Waals surface area contributed by atoms with Gasteiger partial charge in [-0.3, -0.25) is 0 Å². The van der Waals surface area contributed by atoms with Crippen molar-refractivity contribution < 1.29 is 17.9 Å². The van der Waals surface area contributed by atoms with Crippen LogP contribution in [0.3, 0.4) is 0 Å². The van der Waals surface area contributed by atoms with Crippen LogP contribution >= 0.6 is 23.2 Å². The number of rotatable bonds is 3. The summed E-state index contributed by atoms with van der Waals surface area (Å²) in [5.74, 6) is 0.575. The Hall–Kier alpha value is -1.79. The maximum atomic E-state index is 12.9. The molecule has 8 heteroatoms. The minimum Gasteiger partial charge on any atom is -0.497 e. The lowest BCUT2D eigenvalue weighted by Crippen LogP contribution is -2.46. The summed E-state index contributed by atoms with van der Waals surface area (Å²) >= 11 is 12.7. The van der Waals surface area contributed by atoms with Gasteiger partial charge in [-0.25, -0.2) is 0 Å². The van der Waals surface area contributed by atoms with E-state index in [1.807, 2.05) is 9.80 Å². The summed E-state index contributed by atoms with van der Waals surface area (Å²) in [7, 11) is 1.54. The summed E-state index contributed by atoms with van der Waals surface area (Å²) in [5, 5.41) is 0.976. The summed E-state index contributed by atoms with van der Waals surface area (Å²) in [5.41, 5.74) is 0.642. The second-order valence-electron chi connectivity index (χ2n) is 5.96. The number of piperazine rings is 1. The fourth-order valence-electron chi connectivity index (χ4n) is 3.03. The molecule has 3 nitrogen and oxygen atoms in total. The van der Waals surface area contributed by atoms with Crippen LogP contribution in [0.25, 0.3) is 0 Å². The third-order valence-corrected chi connectivity index (χ3v) is 4.94. The van der Waals surface area contributed by atoms with Gasteiger partial charge < -0.3 is 14.5 Å². The number of benzene rings is 2. The van der Waals surface area contributed by atoms with E-state index >= 15 is 0 Å². The molecule has 0 aliphatic carbocycles. The smallest absolute Gasteiger partial charge is 0.416 e. The van der Waals surface area contributed by atoms with Gasteiger partial charge in [0.15, 0.2) is 0 Å². The summed E-state index contributed by atoms with van der Waals surface area (Å²) in [6, 6.07) is 8.78. The molecule has 1 heterocycles. The Morgan fingerprint density at radius 1 is 0.923 bits per heavy atom. The molecule has 0 N–H and O–H groups in total. The first-order valence-corrected chi connectivity index (χ1v) is 8.75. The van der Waals surface area contributed by atoms with Gasteiger partial charge in [-0.05, 0) is 18.2 Å². The topological polar surface area (TPSA) is 15.7 Å². The van der Waals surface area contributed by atoms with E-state index in [2.05, 4.69) is 0 Å². The van der Waals surface area contributed by atoms with Crippen molar-refractivity contribution in [3.05, 3.63) is 52.0 Å². The standard InChI is InChI=1S/C18H17Cl2F3N2O/c1-26-14-10-15(19)17(16(20)11-14)25-7-5-24(6-8-25)13-4-2-3-12(9-13)18(21,22)23/h2-4,9-11H,5-8H2,1H3. The van der Waals surface area contributed by atoms with Gasteiger partial charge in [-0.1, -0.05) is 29.3 Å². The van der Waals surface area contributed by atoms with Crippen LogP contribution < -0.4 is 14.5 Å². The number of hydrogen-bond donors (Lipinski definition) is 0. The number of alkyl halides is 3. The van der Waals surface area contributed by atoms with Crippen molar-refractivity contribution in [2.24, 2.45) is 0 Å². The largest absolute Gasteiger partial charge is 0.497 e. The molecule has 1 aliphatic heterocycles. The van der Waals surface area contributed by atoms with Crippen molar-refractivity contribution in [3.63, 3.8) is 0 Å². The van der Waals surface area contributed by atoms with Crippen molar-refractivity contribution in [3.8, 4) is 5.75 Å². The summed E-state index contributed by atoms with van der Waals surface area (Å²) < 4.78 is 43.9. The minimum absolute atomic E-state index is 0.488. The van der Waals surface area contributed by atoms with Gasteiger partial charge in [0, 0.05) is 44.0 Å². The molecule has 26 heavy (non-hydrogen) atoms. The van der Waals surface area contributed by atoms with E-state index in [1.54, 1.807) is 18.2 Å². The van der Waals surface area contributed by atoms with Crippen molar-refractivity contribution in [2.75, 3.05) is 43.1 Å². The van der Waals surface area contributed by atoms with Crippen LogP contribution in [0.5, 0.6) is 5.75 Å². The average molecular weight is 405 g/mol. The molecule has 0 spiro atoms. The van der Waals surface area contributed by atoms with Crippen molar-refractivity contribution >= 4 is 34.6 Å². The molecule has 1 fully saturated rings. The quantitative estimate of drug-likeness (QED) is 0.685. The summed E-state index contributed by atoms with van der Waals surface area (Å²) in [4.78, 5) is 3.96. The van der Waals surface area contributed by atoms with Crippen LogP contribution in [-0.2, 0) is 6.18 Å². The van der Waals surface area contributed by atoms with Gasteiger partial charge in [0.1, 0.15) is 5.75 Å². The fraction of sp³-hybridized carbons (Fsp3) is 0.333. The highest BCUT2D eigenvalue weighted by atomic mass is 35.5. The van der Waals surface area contributed by atoms with Gasteiger partial charge in [0.25, 0.3) is 0 Å². The first-order valence-electron chi connectivity index (χ1n) is 8.00. The summed E-state index contributed by atoms with van der Waals surface area (Å²) in [6.07, 6.45) is -4.35. The number of ether oxygens (including phenoxy) is 1. The monoisotopic (exact) mass is 404 g/mol. The number of nitrogens with zero attached hydrogens (tertiary/aromatic N) is 2. The normalized spacial score (nSPS) is 15.3. The Balaban J connectivity index is 1.74. The Bertz CT molecular complexity index is 767. The number of methoxy groups -OCH3 is 1. The molecule has 0 radical (unpaired) electrons. The lowest BCUT2D eigenvalue weighted by atomic mass is 10.1. The van der Waals surface area contributed by atoms with Gasteiger partial charge >= 0.3 is 6.18 Å². The molecule has 0 atom stereocenters. The van der Waals surface area contributed by atoms with Crippen LogP contribution in [0.2, 0.25) is 10.0 Å². The number of anilines is 2. The zero-order valence-corrected chi connectivity index (χ0v) is 15.5. The molecule has 2 aromatic carbocycles. The van der Waals surface area contributed by atoms with Crippen LogP contribution in [0, 0.1) is 0 Å². The highest BCUT2D eigenvalue weighted by molar-refractivity contribution is 6.39. The minimum atomic E-state index is -4.35. The van der Waals surface area contributed by atoms with Crippen LogP contribution in [0.15, 0.2) is 36.4 Å². The Kier molecular flexibility index (Phi) is 5.44. The predicted molar refractivity (Wildman–Crippen MR) is 98.9 cm³/mol. The average Bonchev–Trinajstić information content (AvgIpc) is 2.61. The van der Waals surface area contributed by atoms with Gasteiger partial charge in [0.05, 0.1) is 28.4 Å². The van der Waals surface area contributed by atoms with Crippen molar-refractivity contribution in [2.45, 2.75) is 6.18 Å². The zero-order valence-electron chi connectivity index (χ0n) is 14.0. The van der Waals surface area contributed by atoms with Crippen LogP contribution in [-0.4, -0.2) is 33.3 Å². The van der Waals surface area contributed by atoms with E-state index in [0.29, 0.717) is 47.7 Å². The van der Waals surface area contributed by atoms with Crippen molar-refractivity contribution in [1.82, 2.24) is 0 Å². The second-order valence-corrected chi connectivity index (χ2v) is 6.78. The van der Waals surface area contributed by atoms with Gasteiger partial charge in [-0.15, -0.1) is 0 Å². The van der Waals surface area contributed by atoms with E-state index in [4.69, 9.17) is 27.9 Å². The highest BCUT2D eigenvalue weighted by Crippen LogP contribution is 2.38. The Morgan fingerprint density at radius 3 is 2.04 bits per heavy atom. The number of halogens is 5. The van der Waals surface area contributed by atoms with Gasteiger partial charge in [-0.2, -0.15) is 13.2 Å². The molecular formula is C18H17Cl2F3N2O. The van der Waals surface area contributed by atoms with Crippen molar-refractivity contribution in [1.29, 1.82) is 0 Å². The molecule has 0 amide bonds. The summed E-state index contributed by atoms with van der Waals surface area (Å²) in [6.45, 7) is 2.34.